The molecule has 0 radical (unpaired) electrons. The number of halogens is 4. The van der Waals surface area contributed by atoms with E-state index in [0.29, 0.717) is 35.7 Å². The summed E-state index contributed by atoms with van der Waals surface area (Å²) in [7, 11) is 0. The molecule has 0 saturated carbocycles. The average molecular weight is 443 g/mol. The van der Waals surface area contributed by atoms with Crippen LogP contribution in [0.15, 0.2) is 48.5 Å². The molecule has 2 aromatic carbocycles. The Morgan fingerprint density at radius 3 is 2.50 bits per heavy atom. The van der Waals surface area contributed by atoms with Gasteiger partial charge in [0, 0.05) is 5.56 Å². The highest BCUT2D eigenvalue weighted by Crippen LogP contribution is 2.42. The second-order valence-corrected chi connectivity index (χ2v) is 7.27. The van der Waals surface area contributed by atoms with Crippen molar-refractivity contribution in [3.05, 3.63) is 94.3 Å². The maximum Gasteiger partial charge on any atom is 0.354 e. The zero-order chi connectivity index (χ0) is 22.8. The van der Waals surface area contributed by atoms with Gasteiger partial charge in [-0.15, -0.1) is 0 Å². The minimum atomic E-state index is -1.34. The van der Waals surface area contributed by atoms with Crippen molar-refractivity contribution >= 4 is 17.1 Å². The van der Waals surface area contributed by atoms with Gasteiger partial charge in [-0.25, -0.2) is 27.3 Å². The van der Waals surface area contributed by atoms with Gasteiger partial charge in [-0.1, -0.05) is 6.07 Å². The Hall–Kier alpha value is -3.68. The van der Waals surface area contributed by atoms with Crippen LogP contribution < -0.4 is 4.74 Å². The van der Waals surface area contributed by atoms with Gasteiger partial charge in [0.15, 0.2) is 11.6 Å². The number of nitrogens with zero attached hydrogens (tertiary/aromatic N) is 1. The van der Waals surface area contributed by atoms with Gasteiger partial charge >= 0.3 is 5.97 Å². The zero-order valence-electron chi connectivity index (χ0n) is 16.7. The van der Waals surface area contributed by atoms with Crippen LogP contribution in [0, 0.1) is 23.3 Å². The van der Waals surface area contributed by atoms with Crippen LogP contribution in [0.4, 0.5) is 17.6 Å². The predicted molar refractivity (Wildman–Crippen MR) is 109 cm³/mol. The minimum absolute atomic E-state index is 0.117. The highest BCUT2D eigenvalue weighted by Gasteiger charge is 2.23. The van der Waals surface area contributed by atoms with E-state index in [0.717, 1.165) is 24.1 Å². The molecule has 32 heavy (non-hydrogen) atoms. The molecule has 8 heteroatoms. The average Bonchev–Trinajstić information content (AvgIpc) is 3.27. The molecule has 0 spiro atoms. The number of pyridine rings is 1. The number of aromatic carboxylic acids is 1. The number of hydrogen-bond donors (Lipinski definition) is 1. The molecule has 164 valence electrons. The van der Waals surface area contributed by atoms with Crippen LogP contribution in [0.2, 0.25) is 0 Å². The third-order valence-corrected chi connectivity index (χ3v) is 5.27. The lowest BCUT2D eigenvalue weighted by Crippen LogP contribution is -2.06. The Labute approximate surface area is 180 Å². The van der Waals surface area contributed by atoms with Gasteiger partial charge in [-0.2, -0.15) is 0 Å². The van der Waals surface area contributed by atoms with Crippen molar-refractivity contribution in [3.8, 4) is 5.75 Å². The van der Waals surface area contributed by atoms with Crippen LogP contribution in [-0.2, 0) is 6.61 Å². The predicted octanol–water partition coefficient (Wildman–Crippen LogP) is 6.01. The summed E-state index contributed by atoms with van der Waals surface area (Å²) in [5.41, 5.74) is 1.58. The number of allylic oxidation sites excluding steroid dienone is 2. The smallest absolute Gasteiger partial charge is 0.354 e. The highest BCUT2D eigenvalue weighted by molar-refractivity contribution is 5.94. The first kappa shape index (κ1) is 21.5. The Balaban J connectivity index is 1.73. The van der Waals surface area contributed by atoms with E-state index in [1.54, 1.807) is 12.1 Å². The third kappa shape index (κ3) is 4.21. The van der Waals surface area contributed by atoms with Crippen LogP contribution in [-0.4, -0.2) is 16.1 Å². The summed E-state index contributed by atoms with van der Waals surface area (Å²) in [4.78, 5) is 15.5. The molecule has 0 saturated heterocycles. The molecule has 0 atom stereocenters. The number of hydrogen-bond acceptors (Lipinski definition) is 3. The summed E-state index contributed by atoms with van der Waals surface area (Å²) < 4.78 is 61.2. The summed E-state index contributed by atoms with van der Waals surface area (Å²) >= 11 is 0. The van der Waals surface area contributed by atoms with E-state index in [4.69, 9.17) is 4.74 Å². The zero-order valence-corrected chi connectivity index (χ0v) is 16.7. The topological polar surface area (TPSA) is 59.4 Å². The molecule has 1 aromatic heterocycles. The quantitative estimate of drug-likeness (QED) is 0.374. The molecule has 4 rings (SSSR count). The maximum absolute atomic E-state index is 14.1. The van der Waals surface area contributed by atoms with Gasteiger partial charge < -0.3 is 9.84 Å². The fraction of sp³-hybridized carbons (Fsp3) is 0.167. The molecule has 0 fully saturated rings. The Bertz CT molecular complexity index is 1240. The summed E-state index contributed by atoms with van der Waals surface area (Å²) in [6, 6.07) is 9.85. The van der Waals surface area contributed by atoms with E-state index < -0.39 is 41.4 Å². The standard InChI is InChI=1S/C24H17F4NO3/c25-13-7-10-22(32-12-17-18(26)8-9-19(27)23(17)28)16(11-13)14-3-1-4-15(14)20-5-2-6-21(29-20)24(30)31/h2,5-11H,1,3-4,12H2,(H,30,31). The van der Waals surface area contributed by atoms with Crippen molar-refractivity contribution in [3.63, 3.8) is 0 Å². The number of carbonyl (C=O) groups is 1. The summed E-state index contributed by atoms with van der Waals surface area (Å²) in [5.74, 6) is -5.04. The number of benzene rings is 2. The molecule has 4 nitrogen and oxygen atoms in total. The third-order valence-electron chi connectivity index (χ3n) is 5.27. The summed E-state index contributed by atoms with van der Waals surface area (Å²) in [5, 5.41) is 9.22. The fourth-order valence-electron chi connectivity index (χ4n) is 3.76. The lowest BCUT2D eigenvalue weighted by molar-refractivity contribution is 0.0690. The summed E-state index contributed by atoms with van der Waals surface area (Å²) in [6.45, 7) is -0.594. The molecule has 1 heterocycles. The van der Waals surface area contributed by atoms with Gasteiger partial charge in [-0.3, -0.25) is 0 Å². The molecule has 3 aromatic rings. The van der Waals surface area contributed by atoms with Gasteiger partial charge in [0.05, 0.1) is 11.3 Å². The fourth-order valence-corrected chi connectivity index (χ4v) is 3.76. The second-order valence-electron chi connectivity index (χ2n) is 7.27. The number of carboxylic acid groups (broad SMARTS) is 1. The van der Waals surface area contributed by atoms with E-state index in [-0.39, 0.29) is 11.4 Å². The van der Waals surface area contributed by atoms with Gasteiger partial charge in [0.2, 0.25) is 0 Å². The van der Waals surface area contributed by atoms with Crippen molar-refractivity contribution in [1.82, 2.24) is 4.98 Å². The van der Waals surface area contributed by atoms with Crippen molar-refractivity contribution in [2.75, 3.05) is 0 Å². The molecule has 0 amide bonds. The molecule has 0 aliphatic heterocycles. The van der Waals surface area contributed by atoms with E-state index in [9.17, 15) is 27.5 Å². The Morgan fingerprint density at radius 2 is 1.72 bits per heavy atom. The monoisotopic (exact) mass is 443 g/mol. The van der Waals surface area contributed by atoms with Crippen molar-refractivity contribution in [2.45, 2.75) is 25.9 Å². The number of carboxylic acids is 1. The SMILES string of the molecule is O=C(O)c1cccc(C2=C(c3cc(F)ccc3OCc3c(F)ccc(F)c3F)CCC2)n1. The number of rotatable bonds is 6. The van der Waals surface area contributed by atoms with Crippen LogP contribution in [0.1, 0.15) is 46.6 Å². The van der Waals surface area contributed by atoms with Crippen molar-refractivity contribution < 1.29 is 32.2 Å². The van der Waals surface area contributed by atoms with Crippen molar-refractivity contribution in [2.24, 2.45) is 0 Å². The first-order chi connectivity index (χ1) is 15.3. The van der Waals surface area contributed by atoms with Gasteiger partial charge in [0.25, 0.3) is 0 Å². The molecular weight excluding hydrogens is 426 g/mol. The van der Waals surface area contributed by atoms with E-state index in [1.165, 1.54) is 18.2 Å². The molecular formula is C24H17F4NO3. The second kappa shape index (κ2) is 8.82. The Kier molecular flexibility index (Phi) is 5.94. The van der Waals surface area contributed by atoms with Gasteiger partial charge in [-0.05, 0) is 72.9 Å². The minimum Gasteiger partial charge on any atom is -0.488 e. The van der Waals surface area contributed by atoms with Crippen LogP contribution in [0.25, 0.3) is 11.1 Å². The molecule has 0 bridgehead atoms. The molecule has 1 aliphatic rings. The lowest BCUT2D eigenvalue weighted by Gasteiger charge is -2.15. The van der Waals surface area contributed by atoms with E-state index in [1.807, 2.05) is 0 Å². The van der Waals surface area contributed by atoms with Crippen LogP contribution in [0.5, 0.6) is 5.75 Å². The summed E-state index contributed by atoms with van der Waals surface area (Å²) in [6.07, 6.45) is 1.87. The maximum atomic E-state index is 14.1. The van der Waals surface area contributed by atoms with Gasteiger partial charge in [0.1, 0.15) is 29.7 Å². The Morgan fingerprint density at radius 1 is 0.969 bits per heavy atom. The first-order valence-electron chi connectivity index (χ1n) is 9.83. The largest absolute Gasteiger partial charge is 0.488 e. The normalized spacial score (nSPS) is 13.5. The van der Waals surface area contributed by atoms with E-state index >= 15 is 0 Å². The molecule has 1 N–H and O–H groups in total. The highest BCUT2D eigenvalue weighted by atomic mass is 19.2. The number of aromatic nitrogens is 1. The van der Waals surface area contributed by atoms with Crippen LogP contribution in [0.3, 0.4) is 0 Å². The van der Waals surface area contributed by atoms with Crippen molar-refractivity contribution in [1.29, 1.82) is 0 Å². The van der Waals surface area contributed by atoms with Crippen LogP contribution >= 0.6 is 0 Å². The van der Waals surface area contributed by atoms with E-state index in [2.05, 4.69) is 4.98 Å². The number of ether oxygens (including phenoxy) is 1. The molecule has 0 unspecified atom stereocenters. The first-order valence-corrected chi connectivity index (χ1v) is 9.83. The molecule has 1 aliphatic carbocycles. The lowest BCUT2D eigenvalue weighted by atomic mass is 9.98.